The fraction of sp³-hybridized carbons (Fsp3) is 0.625. The fourth-order valence-corrected chi connectivity index (χ4v) is 3.37. The van der Waals surface area contributed by atoms with E-state index in [1.807, 2.05) is 0 Å². The van der Waals surface area contributed by atoms with Crippen LogP contribution in [0.25, 0.3) is 0 Å². The Hall–Kier alpha value is -1.02. The van der Waals surface area contributed by atoms with Gasteiger partial charge in [0.15, 0.2) is 0 Å². The summed E-state index contributed by atoms with van der Waals surface area (Å²) < 4.78 is 5.24. The van der Waals surface area contributed by atoms with E-state index in [1.165, 1.54) is 37.7 Å². The van der Waals surface area contributed by atoms with E-state index in [-0.39, 0.29) is 11.5 Å². The van der Waals surface area contributed by atoms with Crippen LogP contribution in [0.1, 0.15) is 51.0 Å². The van der Waals surface area contributed by atoms with Crippen molar-refractivity contribution in [1.82, 2.24) is 0 Å². The van der Waals surface area contributed by atoms with Gasteiger partial charge < -0.3 is 10.5 Å². The molecule has 1 aliphatic rings. The maximum Gasteiger partial charge on any atom is 0.118 e. The number of methoxy groups -OCH3 is 1. The largest absolute Gasteiger partial charge is 0.497 e. The predicted octanol–water partition coefficient (Wildman–Crippen LogP) is 3.63. The van der Waals surface area contributed by atoms with Crippen molar-refractivity contribution in [2.45, 2.75) is 56.9 Å². The minimum atomic E-state index is 0.194. The summed E-state index contributed by atoms with van der Waals surface area (Å²) in [7, 11) is 1.71. The first kappa shape index (κ1) is 13.4. The fourth-order valence-electron chi connectivity index (χ4n) is 3.37. The number of ether oxygens (including phenoxy) is 1. The molecule has 2 nitrogen and oxygen atoms in total. The summed E-state index contributed by atoms with van der Waals surface area (Å²) in [6.45, 7) is 2.20. The van der Waals surface area contributed by atoms with Gasteiger partial charge >= 0.3 is 0 Å². The van der Waals surface area contributed by atoms with Crippen molar-refractivity contribution in [1.29, 1.82) is 0 Å². The van der Waals surface area contributed by atoms with Crippen LogP contribution in [0.15, 0.2) is 24.3 Å². The summed E-state index contributed by atoms with van der Waals surface area (Å²) in [5.74, 6) is 0.926. The second-order valence-electron chi connectivity index (χ2n) is 5.46. The third-order valence-electron chi connectivity index (χ3n) is 4.56. The number of hydrogen-bond donors (Lipinski definition) is 1. The van der Waals surface area contributed by atoms with Gasteiger partial charge in [-0.2, -0.15) is 0 Å². The molecule has 2 rings (SSSR count). The van der Waals surface area contributed by atoms with Crippen LogP contribution in [0.3, 0.4) is 0 Å². The van der Waals surface area contributed by atoms with Gasteiger partial charge in [-0.3, -0.25) is 0 Å². The van der Waals surface area contributed by atoms with Crippen LogP contribution in [0.5, 0.6) is 5.75 Å². The van der Waals surface area contributed by atoms with E-state index in [0.29, 0.717) is 0 Å². The van der Waals surface area contributed by atoms with Crippen molar-refractivity contribution in [3.05, 3.63) is 29.8 Å². The Kier molecular flexibility index (Phi) is 4.28. The molecule has 100 valence electrons. The molecule has 0 heterocycles. The average molecular weight is 247 g/mol. The van der Waals surface area contributed by atoms with Gasteiger partial charge in [-0.25, -0.2) is 0 Å². The van der Waals surface area contributed by atoms with E-state index in [9.17, 15) is 0 Å². The minimum absolute atomic E-state index is 0.194. The van der Waals surface area contributed by atoms with Crippen molar-refractivity contribution in [2.24, 2.45) is 5.73 Å². The first-order valence-electron chi connectivity index (χ1n) is 7.13. The van der Waals surface area contributed by atoms with Gasteiger partial charge in [0.2, 0.25) is 0 Å². The molecule has 0 aromatic heterocycles. The van der Waals surface area contributed by atoms with Crippen LogP contribution in [-0.2, 0) is 5.41 Å². The van der Waals surface area contributed by atoms with Crippen molar-refractivity contribution < 1.29 is 4.74 Å². The molecule has 1 fully saturated rings. The standard InChI is InChI=1S/C16H25NO/c1-3-15(17)16(11-5-4-6-12-16)13-7-9-14(18-2)10-8-13/h7-10,15H,3-6,11-12,17H2,1-2H3. The van der Waals surface area contributed by atoms with Gasteiger partial charge in [-0.1, -0.05) is 38.3 Å². The van der Waals surface area contributed by atoms with Crippen LogP contribution in [-0.4, -0.2) is 13.2 Å². The number of hydrogen-bond acceptors (Lipinski definition) is 2. The van der Waals surface area contributed by atoms with Crippen molar-refractivity contribution in [3.63, 3.8) is 0 Å². The van der Waals surface area contributed by atoms with Crippen LogP contribution in [0.2, 0.25) is 0 Å². The summed E-state index contributed by atoms with van der Waals surface area (Å²) in [4.78, 5) is 0. The molecule has 0 amide bonds. The van der Waals surface area contributed by atoms with Gasteiger partial charge in [-0.05, 0) is 37.0 Å². The summed E-state index contributed by atoms with van der Waals surface area (Å²) in [5.41, 5.74) is 8.05. The van der Waals surface area contributed by atoms with E-state index >= 15 is 0 Å². The van der Waals surface area contributed by atoms with E-state index < -0.39 is 0 Å². The van der Waals surface area contributed by atoms with E-state index in [0.717, 1.165) is 12.2 Å². The Morgan fingerprint density at radius 2 is 1.78 bits per heavy atom. The summed E-state index contributed by atoms with van der Waals surface area (Å²) in [6, 6.07) is 8.81. The number of benzene rings is 1. The smallest absolute Gasteiger partial charge is 0.118 e. The van der Waals surface area contributed by atoms with E-state index in [1.54, 1.807) is 7.11 Å². The molecule has 1 aromatic rings. The van der Waals surface area contributed by atoms with Crippen LogP contribution < -0.4 is 10.5 Å². The molecule has 18 heavy (non-hydrogen) atoms. The summed E-state index contributed by atoms with van der Waals surface area (Å²) >= 11 is 0. The minimum Gasteiger partial charge on any atom is -0.497 e. The van der Waals surface area contributed by atoms with Crippen molar-refractivity contribution in [3.8, 4) is 5.75 Å². The van der Waals surface area contributed by atoms with Gasteiger partial charge in [0.1, 0.15) is 5.75 Å². The summed E-state index contributed by atoms with van der Waals surface area (Å²) in [6.07, 6.45) is 7.47. The van der Waals surface area contributed by atoms with Gasteiger partial charge in [0.25, 0.3) is 0 Å². The highest BCUT2D eigenvalue weighted by Crippen LogP contribution is 2.42. The highest BCUT2D eigenvalue weighted by molar-refractivity contribution is 5.34. The van der Waals surface area contributed by atoms with E-state index in [4.69, 9.17) is 10.5 Å². The molecule has 0 radical (unpaired) electrons. The zero-order valence-electron chi connectivity index (χ0n) is 11.6. The van der Waals surface area contributed by atoms with Gasteiger partial charge in [-0.15, -0.1) is 0 Å². The zero-order chi connectivity index (χ0) is 13.0. The first-order chi connectivity index (χ1) is 8.73. The molecule has 1 aromatic carbocycles. The second-order valence-corrected chi connectivity index (χ2v) is 5.46. The normalized spacial score (nSPS) is 20.4. The predicted molar refractivity (Wildman–Crippen MR) is 76.0 cm³/mol. The number of rotatable bonds is 4. The Bertz CT molecular complexity index is 365. The summed E-state index contributed by atoms with van der Waals surface area (Å²) in [5, 5.41) is 0. The topological polar surface area (TPSA) is 35.2 Å². The Morgan fingerprint density at radius 3 is 2.28 bits per heavy atom. The van der Waals surface area contributed by atoms with Crippen LogP contribution in [0.4, 0.5) is 0 Å². The third-order valence-corrected chi connectivity index (χ3v) is 4.56. The Balaban J connectivity index is 2.32. The third kappa shape index (κ3) is 2.39. The molecular weight excluding hydrogens is 222 g/mol. The average Bonchev–Trinajstić information content (AvgIpc) is 2.47. The van der Waals surface area contributed by atoms with Gasteiger partial charge in [0, 0.05) is 11.5 Å². The van der Waals surface area contributed by atoms with Crippen LogP contribution >= 0.6 is 0 Å². The molecule has 0 saturated heterocycles. The maximum atomic E-state index is 6.45. The zero-order valence-corrected chi connectivity index (χ0v) is 11.6. The molecule has 1 atom stereocenters. The molecule has 0 aliphatic heterocycles. The molecule has 1 saturated carbocycles. The highest BCUT2D eigenvalue weighted by atomic mass is 16.5. The van der Waals surface area contributed by atoms with Crippen LogP contribution in [0, 0.1) is 0 Å². The SMILES string of the molecule is CCC(N)C1(c2ccc(OC)cc2)CCCCC1. The molecule has 0 spiro atoms. The van der Waals surface area contributed by atoms with Gasteiger partial charge in [0.05, 0.1) is 7.11 Å². The van der Waals surface area contributed by atoms with Crippen molar-refractivity contribution in [2.75, 3.05) is 7.11 Å². The maximum absolute atomic E-state index is 6.45. The lowest BCUT2D eigenvalue weighted by atomic mass is 9.64. The molecule has 2 N–H and O–H groups in total. The lowest BCUT2D eigenvalue weighted by Gasteiger charge is -2.42. The lowest BCUT2D eigenvalue weighted by molar-refractivity contribution is 0.238. The second kappa shape index (κ2) is 5.75. The first-order valence-corrected chi connectivity index (χ1v) is 7.13. The van der Waals surface area contributed by atoms with Crippen molar-refractivity contribution >= 4 is 0 Å². The van der Waals surface area contributed by atoms with E-state index in [2.05, 4.69) is 31.2 Å². The number of nitrogens with two attached hydrogens (primary N) is 1. The quantitative estimate of drug-likeness (QED) is 0.881. The monoisotopic (exact) mass is 247 g/mol. The molecular formula is C16H25NO. The highest BCUT2D eigenvalue weighted by Gasteiger charge is 2.38. The molecule has 1 aliphatic carbocycles. The molecule has 2 heteroatoms. The lowest BCUT2D eigenvalue weighted by Crippen LogP contribution is -2.46. The molecule has 0 bridgehead atoms. The Labute approximate surface area is 111 Å². The molecule has 1 unspecified atom stereocenters. The Morgan fingerprint density at radius 1 is 1.17 bits per heavy atom.